The van der Waals surface area contributed by atoms with E-state index in [1.54, 1.807) is 0 Å². The van der Waals surface area contributed by atoms with E-state index in [1.165, 1.54) is 12.8 Å². The molecule has 1 N–H and O–H groups in total. The van der Waals surface area contributed by atoms with Gasteiger partial charge in [0.1, 0.15) is 11.5 Å². The van der Waals surface area contributed by atoms with Gasteiger partial charge in [-0.25, -0.2) is 0 Å². The standard InChI is InChI=1S/C13H21NO2/c1-11-3-4-12(16-11)5-8-14(2)9-13(10-15)6-7-13/h3-4,15H,5-10H2,1-2H3. The lowest BCUT2D eigenvalue weighted by molar-refractivity contribution is 0.164. The molecule has 16 heavy (non-hydrogen) atoms. The second-order valence-corrected chi connectivity index (χ2v) is 5.16. The maximum Gasteiger partial charge on any atom is 0.105 e. The molecule has 0 unspecified atom stereocenters. The van der Waals surface area contributed by atoms with E-state index in [1.807, 2.05) is 19.1 Å². The minimum absolute atomic E-state index is 0.216. The summed E-state index contributed by atoms with van der Waals surface area (Å²) in [5.74, 6) is 2.03. The molecule has 0 bridgehead atoms. The van der Waals surface area contributed by atoms with Crippen molar-refractivity contribution in [3.8, 4) is 0 Å². The highest BCUT2D eigenvalue weighted by Gasteiger charge is 2.42. The van der Waals surface area contributed by atoms with Gasteiger partial charge in [0.15, 0.2) is 0 Å². The molecule has 3 heteroatoms. The summed E-state index contributed by atoms with van der Waals surface area (Å²) in [5, 5.41) is 9.25. The Labute approximate surface area is 97.1 Å². The molecule has 90 valence electrons. The Bertz CT molecular complexity index is 341. The quantitative estimate of drug-likeness (QED) is 0.799. The summed E-state index contributed by atoms with van der Waals surface area (Å²) in [5.41, 5.74) is 0.216. The van der Waals surface area contributed by atoms with E-state index in [2.05, 4.69) is 11.9 Å². The fraction of sp³-hybridized carbons (Fsp3) is 0.692. The van der Waals surface area contributed by atoms with Crippen LogP contribution in [0.5, 0.6) is 0 Å². The number of rotatable bonds is 6. The van der Waals surface area contributed by atoms with E-state index < -0.39 is 0 Å². The van der Waals surface area contributed by atoms with Crippen LogP contribution in [0.25, 0.3) is 0 Å². The van der Waals surface area contributed by atoms with Crippen LogP contribution in [0.1, 0.15) is 24.4 Å². The molecule has 0 spiro atoms. The zero-order chi connectivity index (χ0) is 11.6. The van der Waals surface area contributed by atoms with E-state index in [9.17, 15) is 5.11 Å². The molecule has 0 aliphatic heterocycles. The highest BCUT2D eigenvalue weighted by Crippen LogP contribution is 2.45. The topological polar surface area (TPSA) is 36.6 Å². The average molecular weight is 223 g/mol. The Morgan fingerprint density at radius 1 is 1.44 bits per heavy atom. The minimum atomic E-state index is 0.216. The molecule has 1 heterocycles. The third-order valence-corrected chi connectivity index (χ3v) is 3.43. The van der Waals surface area contributed by atoms with Gasteiger partial charge in [0, 0.05) is 31.5 Å². The Hall–Kier alpha value is -0.800. The molecule has 1 aliphatic carbocycles. The Morgan fingerprint density at radius 3 is 2.69 bits per heavy atom. The molecule has 1 fully saturated rings. The SMILES string of the molecule is Cc1ccc(CCN(C)CC2(CO)CC2)o1. The molecule has 3 nitrogen and oxygen atoms in total. The first-order valence-corrected chi connectivity index (χ1v) is 5.98. The normalized spacial score (nSPS) is 18.0. The maximum atomic E-state index is 9.25. The summed E-state index contributed by atoms with van der Waals surface area (Å²) in [6.07, 6.45) is 3.30. The predicted octanol–water partition coefficient (Wildman–Crippen LogP) is 1.83. The number of aliphatic hydroxyl groups excluding tert-OH is 1. The smallest absolute Gasteiger partial charge is 0.105 e. The number of aryl methyl sites for hydroxylation is 1. The van der Waals surface area contributed by atoms with Crippen molar-refractivity contribution < 1.29 is 9.52 Å². The van der Waals surface area contributed by atoms with Crippen LogP contribution in [0, 0.1) is 12.3 Å². The molecule has 0 saturated heterocycles. The summed E-state index contributed by atoms with van der Waals surface area (Å²) >= 11 is 0. The molecule has 1 aromatic heterocycles. The zero-order valence-electron chi connectivity index (χ0n) is 10.2. The second-order valence-electron chi connectivity index (χ2n) is 5.16. The summed E-state index contributed by atoms with van der Waals surface area (Å²) in [4.78, 5) is 2.29. The van der Waals surface area contributed by atoms with Gasteiger partial charge in [-0.05, 0) is 38.9 Å². The number of hydrogen-bond donors (Lipinski definition) is 1. The molecule has 0 aromatic carbocycles. The van der Waals surface area contributed by atoms with Gasteiger partial charge in [0.05, 0.1) is 0 Å². The van der Waals surface area contributed by atoms with Gasteiger partial charge in [0.25, 0.3) is 0 Å². The van der Waals surface area contributed by atoms with Gasteiger partial charge in [-0.3, -0.25) is 0 Å². The minimum Gasteiger partial charge on any atom is -0.466 e. The highest BCUT2D eigenvalue weighted by molar-refractivity contribution is 5.06. The van der Waals surface area contributed by atoms with Gasteiger partial charge < -0.3 is 14.4 Å². The Morgan fingerprint density at radius 2 is 2.19 bits per heavy atom. The van der Waals surface area contributed by atoms with Gasteiger partial charge in [-0.15, -0.1) is 0 Å². The van der Waals surface area contributed by atoms with Gasteiger partial charge in [-0.2, -0.15) is 0 Å². The first-order valence-electron chi connectivity index (χ1n) is 5.98. The highest BCUT2D eigenvalue weighted by atomic mass is 16.3. The largest absolute Gasteiger partial charge is 0.466 e. The van der Waals surface area contributed by atoms with Crippen molar-refractivity contribution in [1.29, 1.82) is 0 Å². The van der Waals surface area contributed by atoms with Crippen molar-refractivity contribution in [3.63, 3.8) is 0 Å². The van der Waals surface area contributed by atoms with Crippen molar-refractivity contribution in [2.75, 3.05) is 26.7 Å². The molecule has 0 atom stereocenters. The number of furan rings is 1. The number of likely N-dealkylation sites (N-methyl/N-ethyl adjacent to an activating group) is 1. The molecule has 1 saturated carbocycles. The van der Waals surface area contributed by atoms with Gasteiger partial charge in [-0.1, -0.05) is 0 Å². The van der Waals surface area contributed by atoms with Gasteiger partial charge in [0.2, 0.25) is 0 Å². The van der Waals surface area contributed by atoms with Crippen LogP contribution < -0.4 is 0 Å². The van der Waals surface area contributed by atoms with E-state index in [0.717, 1.165) is 31.0 Å². The molecular formula is C13H21NO2. The molecule has 1 aliphatic rings. The van der Waals surface area contributed by atoms with Crippen molar-refractivity contribution in [2.24, 2.45) is 5.41 Å². The second kappa shape index (κ2) is 4.60. The van der Waals surface area contributed by atoms with Crippen LogP contribution >= 0.6 is 0 Å². The van der Waals surface area contributed by atoms with E-state index in [0.29, 0.717) is 6.61 Å². The fourth-order valence-electron chi connectivity index (χ4n) is 2.12. The summed E-state index contributed by atoms with van der Waals surface area (Å²) in [7, 11) is 2.12. The Kier molecular flexibility index (Phi) is 3.36. The third-order valence-electron chi connectivity index (χ3n) is 3.43. The van der Waals surface area contributed by atoms with E-state index in [-0.39, 0.29) is 5.41 Å². The van der Waals surface area contributed by atoms with Crippen LogP contribution in [-0.4, -0.2) is 36.8 Å². The molecular weight excluding hydrogens is 202 g/mol. The van der Waals surface area contributed by atoms with Crippen LogP contribution in [0.15, 0.2) is 16.5 Å². The fourth-order valence-corrected chi connectivity index (χ4v) is 2.12. The average Bonchev–Trinajstić information content (AvgIpc) is 2.91. The third kappa shape index (κ3) is 2.86. The van der Waals surface area contributed by atoms with Crippen molar-refractivity contribution in [1.82, 2.24) is 4.90 Å². The lowest BCUT2D eigenvalue weighted by Crippen LogP contribution is -2.30. The van der Waals surface area contributed by atoms with Crippen molar-refractivity contribution >= 4 is 0 Å². The number of nitrogens with zero attached hydrogens (tertiary/aromatic N) is 1. The first kappa shape index (κ1) is 11.7. The predicted molar refractivity (Wildman–Crippen MR) is 63.4 cm³/mol. The summed E-state index contributed by atoms with van der Waals surface area (Å²) in [6, 6.07) is 4.05. The van der Waals surface area contributed by atoms with Crippen LogP contribution in [-0.2, 0) is 6.42 Å². The van der Waals surface area contributed by atoms with Crippen LogP contribution in [0.2, 0.25) is 0 Å². The lowest BCUT2D eigenvalue weighted by Gasteiger charge is -2.21. The molecule has 2 rings (SSSR count). The summed E-state index contributed by atoms with van der Waals surface area (Å²) in [6.45, 7) is 4.30. The zero-order valence-corrected chi connectivity index (χ0v) is 10.2. The van der Waals surface area contributed by atoms with E-state index in [4.69, 9.17) is 4.42 Å². The van der Waals surface area contributed by atoms with Gasteiger partial charge >= 0.3 is 0 Å². The Balaban J connectivity index is 1.73. The van der Waals surface area contributed by atoms with Crippen molar-refractivity contribution in [2.45, 2.75) is 26.2 Å². The molecule has 0 radical (unpaired) electrons. The first-order chi connectivity index (χ1) is 7.63. The molecule has 1 aromatic rings. The van der Waals surface area contributed by atoms with Crippen LogP contribution in [0.4, 0.5) is 0 Å². The van der Waals surface area contributed by atoms with Crippen molar-refractivity contribution in [3.05, 3.63) is 23.7 Å². The monoisotopic (exact) mass is 223 g/mol. The molecule has 0 amide bonds. The lowest BCUT2D eigenvalue weighted by atomic mass is 10.1. The number of aliphatic hydroxyl groups is 1. The maximum absolute atomic E-state index is 9.25. The van der Waals surface area contributed by atoms with E-state index >= 15 is 0 Å². The number of hydrogen-bond acceptors (Lipinski definition) is 3. The van der Waals surface area contributed by atoms with Crippen LogP contribution in [0.3, 0.4) is 0 Å². The summed E-state index contributed by atoms with van der Waals surface area (Å²) < 4.78 is 5.53.